The van der Waals surface area contributed by atoms with E-state index in [9.17, 15) is 13.2 Å². The van der Waals surface area contributed by atoms with E-state index in [4.69, 9.17) is 0 Å². The van der Waals surface area contributed by atoms with Crippen LogP contribution < -0.4 is 10.6 Å². The maximum atomic E-state index is 13.7. The van der Waals surface area contributed by atoms with Gasteiger partial charge in [0.2, 0.25) is 5.95 Å². The molecule has 0 aliphatic rings. The van der Waals surface area contributed by atoms with Gasteiger partial charge in [-0.3, -0.25) is 0 Å². The van der Waals surface area contributed by atoms with Crippen molar-refractivity contribution < 1.29 is 13.2 Å². The predicted molar refractivity (Wildman–Crippen MR) is 128 cm³/mol. The number of benzene rings is 2. The molecule has 176 valence electrons. The van der Waals surface area contributed by atoms with Crippen LogP contribution in [0.2, 0.25) is 0 Å². The lowest BCUT2D eigenvalue weighted by molar-refractivity contribution is -0.137. The highest BCUT2D eigenvalue weighted by Crippen LogP contribution is 2.36. The van der Waals surface area contributed by atoms with Gasteiger partial charge < -0.3 is 10.6 Å². The number of halogens is 3. The van der Waals surface area contributed by atoms with Gasteiger partial charge in [-0.25, -0.2) is 4.98 Å². The largest absolute Gasteiger partial charge is 0.421 e. The van der Waals surface area contributed by atoms with Crippen LogP contribution in [-0.4, -0.2) is 9.97 Å². The van der Waals surface area contributed by atoms with Gasteiger partial charge in [0.05, 0.1) is 0 Å². The molecule has 2 N–H and O–H groups in total. The Morgan fingerprint density at radius 2 is 1.64 bits per heavy atom. The molecule has 0 radical (unpaired) electrons. The molecule has 4 nitrogen and oxygen atoms in total. The first-order chi connectivity index (χ1) is 15.8. The standard InChI is InChI=1S/C26H31F3N4/c1-4-5-6-7-10-20-11-8-9-12-23(20)32-24-22(26(27,28)29)17-30-25(33-24)31-21-15-13-19(14-16-21)18(2)3/h8-9,11-18H,4-7,10H2,1-3H3,(H2,30,31,32,33). The van der Waals surface area contributed by atoms with Gasteiger partial charge in [0.1, 0.15) is 11.4 Å². The fraction of sp³-hybridized carbons (Fsp3) is 0.385. The molecule has 33 heavy (non-hydrogen) atoms. The zero-order valence-electron chi connectivity index (χ0n) is 19.3. The second-order valence-corrected chi connectivity index (χ2v) is 8.45. The number of anilines is 4. The van der Waals surface area contributed by atoms with Crippen LogP contribution in [0.25, 0.3) is 0 Å². The number of alkyl halides is 3. The van der Waals surface area contributed by atoms with Crippen molar-refractivity contribution in [3.63, 3.8) is 0 Å². The predicted octanol–water partition coefficient (Wildman–Crippen LogP) is 8.23. The van der Waals surface area contributed by atoms with E-state index >= 15 is 0 Å². The van der Waals surface area contributed by atoms with Gasteiger partial charge in [-0.2, -0.15) is 18.2 Å². The summed E-state index contributed by atoms with van der Waals surface area (Å²) in [6, 6.07) is 15.1. The number of nitrogens with zero attached hydrogens (tertiary/aromatic N) is 2. The molecule has 2 aromatic carbocycles. The van der Waals surface area contributed by atoms with E-state index in [1.54, 1.807) is 6.07 Å². The normalized spacial score (nSPS) is 11.6. The summed E-state index contributed by atoms with van der Waals surface area (Å²) >= 11 is 0. The zero-order valence-corrected chi connectivity index (χ0v) is 19.3. The van der Waals surface area contributed by atoms with Gasteiger partial charge in [-0.05, 0) is 48.1 Å². The molecule has 1 aromatic heterocycles. The number of nitrogens with one attached hydrogen (secondary N) is 2. The average molecular weight is 457 g/mol. The van der Waals surface area contributed by atoms with Crippen molar-refractivity contribution in [1.82, 2.24) is 9.97 Å². The van der Waals surface area contributed by atoms with Crippen LogP contribution in [0.15, 0.2) is 54.7 Å². The van der Waals surface area contributed by atoms with Gasteiger partial charge in [0, 0.05) is 17.6 Å². The lowest BCUT2D eigenvalue weighted by Crippen LogP contribution is -2.13. The molecule has 0 aliphatic heterocycles. The Balaban J connectivity index is 1.86. The van der Waals surface area contributed by atoms with Crippen LogP contribution in [0.5, 0.6) is 0 Å². The van der Waals surface area contributed by atoms with E-state index in [0.29, 0.717) is 17.3 Å². The quantitative estimate of drug-likeness (QED) is 0.302. The van der Waals surface area contributed by atoms with Crippen molar-refractivity contribution >= 4 is 23.1 Å². The Hall–Kier alpha value is -3.09. The van der Waals surface area contributed by atoms with E-state index in [2.05, 4.69) is 41.4 Å². The summed E-state index contributed by atoms with van der Waals surface area (Å²) in [7, 11) is 0. The van der Waals surface area contributed by atoms with Crippen LogP contribution >= 0.6 is 0 Å². The molecule has 3 aromatic rings. The molecule has 0 spiro atoms. The van der Waals surface area contributed by atoms with Crippen LogP contribution in [-0.2, 0) is 12.6 Å². The van der Waals surface area contributed by atoms with Crippen LogP contribution in [0.3, 0.4) is 0 Å². The average Bonchev–Trinajstić information content (AvgIpc) is 2.77. The minimum atomic E-state index is -4.57. The summed E-state index contributed by atoms with van der Waals surface area (Å²) in [6.07, 6.45) is 1.40. The van der Waals surface area contributed by atoms with Crippen molar-refractivity contribution in [2.45, 2.75) is 65.0 Å². The van der Waals surface area contributed by atoms with Crippen molar-refractivity contribution in [3.8, 4) is 0 Å². The second kappa shape index (κ2) is 11.2. The van der Waals surface area contributed by atoms with Crippen molar-refractivity contribution in [1.29, 1.82) is 0 Å². The second-order valence-electron chi connectivity index (χ2n) is 8.45. The number of hydrogen-bond acceptors (Lipinski definition) is 4. The van der Waals surface area contributed by atoms with Crippen LogP contribution in [0.4, 0.5) is 36.3 Å². The Morgan fingerprint density at radius 1 is 0.909 bits per heavy atom. The third kappa shape index (κ3) is 6.94. The molecule has 0 unspecified atom stereocenters. The van der Waals surface area contributed by atoms with E-state index in [-0.39, 0.29) is 11.8 Å². The summed E-state index contributed by atoms with van der Waals surface area (Å²) in [5.41, 5.74) is 2.58. The fourth-order valence-electron chi connectivity index (χ4n) is 3.56. The lowest BCUT2D eigenvalue weighted by Gasteiger charge is -2.17. The zero-order chi connectivity index (χ0) is 23.8. The van der Waals surface area contributed by atoms with E-state index in [0.717, 1.165) is 43.9 Å². The first kappa shape index (κ1) is 24.6. The first-order valence-electron chi connectivity index (χ1n) is 11.4. The summed E-state index contributed by atoms with van der Waals surface area (Å²) < 4.78 is 41.0. The van der Waals surface area contributed by atoms with Gasteiger partial charge >= 0.3 is 6.18 Å². The molecule has 0 fully saturated rings. The van der Waals surface area contributed by atoms with Gasteiger partial charge in [-0.15, -0.1) is 0 Å². The van der Waals surface area contributed by atoms with Crippen LogP contribution in [0, 0.1) is 0 Å². The monoisotopic (exact) mass is 456 g/mol. The fourth-order valence-corrected chi connectivity index (χ4v) is 3.56. The molecule has 7 heteroatoms. The Morgan fingerprint density at radius 3 is 2.30 bits per heavy atom. The molecular formula is C26H31F3N4. The number of aryl methyl sites for hydroxylation is 1. The SMILES string of the molecule is CCCCCCc1ccccc1Nc1nc(Nc2ccc(C(C)C)cc2)ncc1C(F)(F)F. The lowest BCUT2D eigenvalue weighted by atomic mass is 10.0. The van der Waals surface area contributed by atoms with Gasteiger partial charge in [-0.1, -0.05) is 70.4 Å². The third-order valence-corrected chi connectivity index (χ3v) is 5.50. The Bertz CT molecular complexity index is 1030. The number of unbranched alkanes of at least 4 members (excludes halogenated alkanes) is 3. The highest BCUT2D eigenvalue weighted by Gasteiger charge is 2.35. The number of hydrogen-bond donors (Lipinski definition) is 2. The van der Waals surface area contributed by atoms with Crippen molar-refractivity contribution in [3.05, 3.63) is 71.4 Å². The number of rotatable bonds is 10. The third-order valence-electron chi connectivity index (χ3n) is 5.50. The summed E-state index contributed by atoms with van der Waals surface area (Å²) in [4.78, 5) is 8.10. The summed E-state index contributed by atoms with van der Waals surface area (Å²) in [5.74, 6) is 0.224. The molecule has 0 bridgehead atoms. The summed E-state index contributed by atoms with van der Waals surface area (Å²) in [5, 5.41) is 5.94. The minimum absolute atomic E-state index is 0.100. The molecule has 0 atom stereocenters. The number of para-hydroxylation sites is 1. The minimum Gasteiger partial charge on any atom is -0.339 e. The molecule has 1 heterocycles. The maximum Gasteiger partial charge on any atom is 0.421 e. The Kier molecular flexibility index (Phi) is 8.31. The van der Waals surface area contributed by atoms with Crippen molar-refractivity contribution in [2.24, 2.45) is 0 Å². The van der Waals surface area contributed by atoms with Gasteiger partial charge in [0.15, 0.2) is 0 Å². The number of aromatic nitrogens is 2. The van der Waals surface area contributed by atoms with E-state index in [1.807, 2.05) is 42.5 Å². The highest BCUT2D eigenvalue weighted by atomic mass is 19.4. The molecule has 0 saturated heterocycles. The van der Waals surface area contributed by atoms with Crippen LogP contribution in [0.1, 0.15) is 69.1 Å². The first-order valence-corrected chi connectivity index (χ1v) is 11.4. The Labute approximate surface area is 193 Å². The molecular weight excluding hydrogens is 425 g/mol. The summed E-state index contributed by atoms with van der Waals surface area (Å²) in [6.45, 7) is 6.34. The van der Waals surface area contributed by atoms with E-state index < -0.39 is 11.7 Å². The highest BCUT2D eigenvalue weighted by molar-refractivity contribution is 5.65. The topological polar surface area (TPSA) is 49.8 Å². The molecule has 0 saturated carbocycles. The van der Waals surface area contributed by atoms with E-state index in [1.165, 1.54) is 5.56 Å². The smallest absolute Gasteiger partial charge is 0.339 e. The molecule has 0 amide bonds. The molecule has 3 rings (SSSR count). The van der Waals surface area contributed by atoms with Gasteiger partial charge in [0.25, 0.3) is 0 Å². The maximum absolute atomic E-state index is 13.7. The molecule has 0 aliphatic carbocycles. The van der Waals surface area contributed by atoms with Crippen molar-refractivity contribution in [2.75, 3.05) is 10.6 Å².